The van der Waals surface area contributed by atoms with Crippen molar-refractivity contribution < 1.29 is 4.79 Å². The van der Waals surface area contributed by atoms with Gasteiger partial charge in [0.15, 0.2) is 0 Å². The zero-order chi connectivity index (χ0) is 18.1. The molecule has 0 aliphatic carbocycles. The number of hydrogen-bond acceptors (Lipinski definition) is 1. The number of carbonyl (C=O) groups is 1. The maximum Gasteiger partial charge on any atom is 0.330 e. The van der Waals surface area contributed by atoms with Gasteiger partial charge in [-0.25, -0.2) is 4.79 Å². The van der Waals surface area contributed by atoms with Crippen LogP contribution < -0.4 is 9.80 Å². The van der Waals surface area contributed by atoms with Crippen LogP contribution in [0.5, 0.6) is 0 Å². The molecule has 0 saturated carbocycles. The summed E-state index contributed by atoms with van der Waals surface area (Å²) in [5.74, 6) is 0. The summed E-state index contributed by atoms with van der Waals surface area (Å²) in [5, 5.41) is 0. The first-order chi connectivity index (χ1) is 12.6. The molecule has 1 aliphatic heterocycles. The zero-order valence-corrected chi connectivity index (χ0v) is 15.0. The number of carbonyl (C=O) groups excluding carboxylic acids is 1. The van der Waals surface area contributed by atoms with Crippen molar-refractivity contribution in [2.75, 3.05) is 9.80 Å². The van der Waals surface area contributed by atoms with Gasteiger partial charge in [0, 0.05) is 11.4 Å². The fraction of sp³-hybridized carbons (Fsp3) is 0.174. The van der Waals surface area contributed by atoms with E-state index in [4.69, 9.17) is 0 Å². The van der Waals surface area contributed by atoms with E-state index < -0.39 is 5.54 Å². The molecule has 2 atom stereocenters. The Balaban J connectivity index is 1.91. The maximum absolute atomic E-state index is 13.6. The molecular formula is C23H22N2O. The summed E-state index contributed by atoms with van der Waals surface area (Å²) in [7, 11) is 0. The topological polar surface area (TPSA) is 23.6 Å². The molecule has 4 rings (SSSR count). The van der Waals surface area contributed by atoms with E-state index in [1.807, 2.05) is 88.7 Å². The summed E-state index contributed by atoms with van der Waals surface area (Å²) in [4.78, 5) is 17.4. The molecule has 1 aliphatic rings. The average Bonchev–Trinajstić information content (AvgIpc) is 2.90. The number of hydrogen-bond donors (Lipinski definition) is 0. The largest absolute Gasteiger partial charge is 0.330 e. The van der Waals surface area contributed by atoms with Crippen LogP contribution in [0.4, 0.5) is 16.2 Å². The molecule has 1 saturated heterocycles. The smallest absolute Gasteiger partial charge is 0.289 e. The third-order valence-electron chi connectivity index (χ3n) is 5.47. The first kappa shape index (κ1) is 16.4. The van der Waals surface area contributed by atoms with Gasteiger partial charge in [0.25, 0.3) is 0 Å². The van der Waals surface area contributed by atoms with Crippen molar-refractivity contribution in [2.24, 2.45) is 0 Å². The fourth-order valence-electron chi connectivity index (χ4n) is 3.93. The van der Waals surface area contributed by atoms with Crippen LogP contribution in [0.15, 0.2) is 91.0 Å². The van der Waals surface area contributed by atoms with Crippen molar-refractivity contribution >= 4 is 17.4 Å². The van der Waals surface area contributed by atoms with Gasteiger partial charge in [0.05, 0.1) is 11.6 Å². The third kappa shape index (κ3) is 2.39. The highest BCUT2D eigenvalue weighted by Gasteiger charge is 2.54. The summed E-state index contributed by atoms with van der Waals surface area (Å²) in [6.45, 7) is 4.28. The molecule has 3 heteroatoms. The summed E-state index contributed by atoms with van der Waals surface area (Å²) < 4.78 is 0. The average molecular weight is 342 g/mol. The predicted octanol–water partition coefficient (Wildman–Crippen LogP) is 5.44. The Morgan fingerprint density at radius 3 is 1.73 bits per heavy atom. The zero-order valence-electron chi connectivity index (χ0n) is 15.0. The van der Waals surface area contributed by atoms with Crippen molar-refractivity contribution in [3.05, 3.63) is 96.6 Å². The molecule has 2 amide bonds. The van der Waals surface area contributed by atoms with Gasteiger partial charge < -0.3 is 0 Å². The number of amides is 2. The van der Waals surface area contributed by atoms with E-state index in [0.717, 1.165) is 16.9 Å². The van der Waals surface area contributed by atoms with Gasteiger partial charge in [-0.3, -0.25) is 9.80 Å². The van der Waals surface area contributed by atoms with E-state index in [-0.39, 0.29) is 12.1 Å². The van der Waals surface area contributed by atoms with Crippen LogP contribution in [0.1, 0.15) is 19.4 Å². The second-order valence-corrected chi connectivity index (χ2v) is 6.85. The molecule has 0 aromatic heterocycles. The number of benzene rings is 3. The molecule has 0 spiro atoms. The van der Waals surface area contributed by atoms with Gasteiger partial charge in [0.1, 0.15) is 0 Å². The number of para-hydroxylation sites is 2. The van der Waals surface area contributed by atoms with Gasteiger partial charge in [-0.05, 0) is 43.7 Å². The minimum Gasteiger partial charge on any atom is -0.289 e. The summed E-state index contributed by atoms with van der Waals surface area (Å²) in [5.41, 5.74) is 2.48. The van der Waals surface area contributed by atoms with E-state index in [0.29, 0.717) is 0 Å². The van der Waals surface area contributed by atoms with Gasteiger partial charge in [-0.2, -0.15) is 0 Å². The molecule has 3 nitrogen and oxygen atoms in total. The Morgan fingerprint density at radius 2 is 1.19 bits per heavy atom. The second kappa shape index (κ2) is 6.34. The molecule has 1 heterocycles. The van der Waals surface area contributed by atoms with Crippen LogP contribution in [0.3, 0.4) is 0 Å². The third-order valence-corrected chi connectivity index (χ3v) is 5.47. The van der Waals surface area contributed by atoms with Gasteiger partial charge in [-0.1, -0.05) is 66.7 Å². The van der Waals surface area contributed by atoms with E-state index >= 15 is 0 Å². The lowest BCUT2D eigenvalue weighted by molar-refractivity contribution is 0.254. The second-order valence-electron chi connectivity index (χ2n) is 6.85. The standard InChI is InChI=1S/C23H22N2O/c1-18-23(2,19-12-6-3-7-13-19)25(21-16-10-5-11-17-21)22(26)24(18)20-14-8-4-9-15-20/h3-18H,1-2H3. The summed E-state index contributed by atoms with van der Waals surface area (Å²) >= 11 is 0. The fourth-order valence-corrected chi connectivity index (χ4v) is 3.93. The Labute approximate surface area is 154 Å². The molecule has 1 fully saturated rings. The lowest BCUT2D eigenvalue weighted by Crippen LogP contribution is -2.45. The molecule has 0 radical (unpaired) electrons. The SMILES string of the molecule is CC1N(c2ccccc2)C(=O)N(c2ccccc2)C1(C)c1ccccc1. The van der Waals surface area contributed by atoms with E-state index in [1.54, 1.807) is 0 Å². The monoisotopic (exact) mass is 342 g/mol. The molecule has 3 aromatic rings. The van der Waals surface area contributed by atoms with E-state index in [9.17, 15) is 4.79 Å². The Kier molecular flexibility index (Phi) is 4.00. The highest BCUT2D eigenvalue weighted by Crippen LogP contribution is 2.45. The maximum atomic E-state index is 13.6. The van der Waals surface area contributed by atoms with E-state index in [1.165, 1.54) is 0 Å². The molecule has 3 aromatic carbocycles. The number of urea groups is 1. The first-order valence-electron chi connectivity index (χ1n) is 8.93. The van der Waals surface area contributed by atoms with E-state index in [2.05, 4.69) is 26.0 Å². The van der Waals surface area contributed by atoms with Gasteiger partial charge >= 0.3 is 6.03 Å². The van der Waals surface area contributed by atoms with Crippen LogP contribution >= 0.6 is 0 Å². The van der Waals surface area contributed by atoms with Crippen molar-refractivity contribution in [1.29, 1.82) is 0 Å². The quantitative estimate of drug-likeness (QED) is 0.622. The molecule has 0 N–H and O–H groups in total. The number of nitrogens with zero attached hydrogens (tertiary/aromatic N) is 2. The van der Waals surface area contributed by atoms with Crippen LogP contribution in [-0.2, 0) is 5.54 Å². The number of rotatable bonds is 3. The molecule has 130 valence electrons. The molecule has 0 bridgehead atoms. The minimum atomic E-state index is -0.477. The van der Waals surface area contributed by atoms with Crippen molar-refractivity contribution in [3.63, 3.8) is 0 Å². The normalized spacial score (nSPS) is 22.7. The Morgan fingerprint density at radius 1 is 0.731 bits per heavy atom. The van der Waals surface area contributed by atoms with Crippen LogP contribution in [0, 0.1) is 0 Å². The lowest BCUT2D eigenvalue weighted by atomic mass is 9.84. The molecule has 2 unspecified atom stereocenters. The Bertz CT molecular complexity index is 895. The number of anilines is 2. The van der Waals surface area contributed by atoms with Crippen LogP contribution in [0.2, 0.25) is 0 Å². The van der Waals surface area contributed by atoms with Gasteiger partial charge in [-0.15, -0.1) is 0 Å². The minimum absolute atomic E-state index is 0.00116. The van der Waals surface area contributed by atoms with Crippen molar-refractivity contribution in [3.8, 4) is 0 Å². The van der Waals surface area contributed by atoms with Gasteiger partial charge in [0.2, 0.25) is 0 Å². The van der Waals surface area contributed by atoms with Crippen molar-refractivity contribution in [1.82, 2.24) is 0 Å². The van der Waals surface area contributed by atoms with Crippen LogP contribution in [0.25, 0.3) is 0 Å². The first-order valence-corrected chi connectivity index (χ1v) is 8.93. The highest BCUT2D eigenvalue weighted by molar-refractivity contribution is 6.08. The van der Waals surface area contributed by atoms with Crippen molar-refractivity contribution in [2.45, 2.75) is 25.4 Å². The molecular weight excluding hydrogens is 320 g/mol. The summed E-state index contributed by atoms with van der Waals surface area (Å²) in [6.07, 6.45) is 0. The highest BCUT2D eigenvalue weighted by atomic mass is 16.2. The lowest BCUT2D eigenvalue weighted by Gasteiger charge is -2.37. The Hall–Kier alpha value is -3.07. The predicted molar refractivity (Wildman–Crippen MR) is 106 cm³/mol. The summed E-state index contributed by atoms with van der Waals surface area (Å²) in [6, 6.07) is 30.1. The van der Waals surface area contributed by atoms with Crippen LogP contribution in [-0.4, -0.2) is 12.1 Å². The molecule has 26 heavy (non-hydrogen) atoms.